The van der Waals surface area contributed by atoms with Crippen LogP contribution in [0, 0.1) is 11.8 Å². The van der Waals surface area contributed by atoms with Gasteiger partial charge in [-0.2, -0.15) is 0 Å². The average molecular weight is 383 g/mol. The Morgan fingerprint density at radius 3 is 2.48 bits per heavy atom. The largest absolute Gasteiger partial charge is 0.380 e. The van der Waals surface area contributed by atoms with E-state index >= 15 is 0 Å². The number of likely N-dealkylation sites (N-methyl/N-ethyl adjacent to an activating group) is 1. The Morgan fingerprint density at radius 2 is 1.88 bits per heavy atom. The highest BCUT2D eigenvalue weighted by Gasteiger charge is 2.44. The zero-order valence-electron chi connectivity index (χ0n) is 15.2. The molecule has 1 aromatic rings. The lowest BCUT2D eigenvalue weighted by Crippen LogP contribution is -2.47. The smallest absolute Gasteiger partial charge is 0.232 e. The van der Waals surface area contributed by atoms with E-state index in [0.29, 0.717) is 23.6 Å². The number of nitrogens with zero attached hydrogens (tertiary/aromatic N) is 2. The standard InChI is InChI=1S/C19H27ClN2O2S/c1-21(2)17-8-13-10-22(11-14(13)9-18(17)24-3)19(23)12-25-16-6-4-15(20)5-7-16/h4-7,13-14,17-18H,8-12H2,1-3H3/t13-,14+,17-,18-/m1/s1. The van der Waals surface area contributed by atoms with Gasteiger partial charge in [0.2, 0.25) is 5.91 Å². The summed E-state index contributed by atoms with van der Waals surface area (Å²) in [6.45, 7) is 1.77. The summed E-state index contributed by atoms with van der Waals surface area (Å²) in [6.07, 6.45) is 2.44. The molecule has 1 aliphatic heterocycles. The molecule has 138 valence electrons. The molecule has 1 saturated heterocycles. The Morgan fingerprint density at radius 1 is 1.24 bits per heavy atom. The molecule has 0 spiro atoms. The second kappa shape index (κ2) is 8.30. The number of ether oxygens (including phenoxy) is 1. The fraction of sp³-hybridized carbons (Fsp3) is 0.632. The first-order chi connectivity index (χ1) is 12.0. The molecule has 3 rings (SSSR count). The van der Waals surface area contributed by atoms with Crippen LogP contribution < -0.4 is 0 Å². The van der Waals surface area contributed by atoms with Crippen molar-refractivity contribution in [2.75, 3.05) is 40.0 Å². The molecule has 4 nitrogen and oxygen atoms in total. The number of methoxy groups -OCH3 is 1. The van der Waals surface area contributed by atoms with Gasteiger partial charge in [0.05, 0.1) is 11.9 Å². The molecule has 0 N–H and O–H groups in total. The molecule has 2 fully saturated rings. The molecule has 1 aromatic carbocycles. The molecule has 0 bridgehead atoms. The Kier molecular flexibility index (Phi) is 6.31. The lowest BCUT2D eigenvalue weighted by Gasteiger charge is -2.40. The van der Waals surface area contributed by atoms with Crippen molar-refractivity contribution in [1.82, 2.24) is 9.80 Å². The number of halogens is 1. The number of amides is 1. The van der Waals surface area contributed by atoms with Gasteiger partial charge in [-0.15, -0.1) is 11.8 Å². The second-order valence-corrected chi connectivity index (χ2v) is 8.82. The normalized spacial score (nSPS) is 29.1. The Hall–Kier alpha value is -0.750. The van der Waals surface area contributed by atoms with E-state index in [9.17, 15) is 4.79 Å². The minimum atomic E-state index is 0.240. The number of benzene rings is 1. The van der Waals surface area contributed by atoms with Crippen molar-refractivity contribution in [3.8, 4) is 0 Å². The van der Waals surface area contributed by atoms with Crippen molar-refractivity contribution in [2.24, 2.45) is 11.8 Å². The van der Waals surface area contributed by atoms with Gasteiger partial charge in [-0.3, -0.25) is 4.79 Å². The van der Waals surface area contributed by atoms with Crippen molar-refractivity contribution in [2.45, 2.75) is 29.9 Å². The van der Waals surface area contributed by atoms with Crippen LogP contribution in [-0.2, 0) is 9.53 Å². The predicted octanol–water partition coefficient (Wildman–Crippen LogP) is 3.25. The summed E-state index contributed by atoms with van der Waals surface area (Å²) in [5, 5.41) is 0.724. The van der Waals surface area contributed by atoms with Crippen LogP contribution in [0.15, 0.2) is 29.2 Å². The highest BCUT2D eigenvalue weighted by atomic mass is 35.5. The van der Waals surface area contributed by atoms with Crippen molar-refractivity contribution < 1.29 is 9.53 Å². The molecule has 0 aromatic heterocycles. The highest BCUT2D eigenvalue weighted by molar-refractivity contribution is 8.00. The number of rotatable bonds is 5. The number of thioether (sulfide) groups is 1. The molecular formula is C19H27ClN2O2S. The maximum Gasteiger partial charge on any atom is 0.232 e. The number of carbonyl (C=O) groups excluding carboxylic acids is 1. The first kappa shape index (κ1) is 19.0. The quantitative estimate of drug-likeness (QED) is 0.732. The van der Waals surface area contributed by atoms with Gasteiger partial charge in [0.15, 0.2) is 0 Å². The number of hydrogen-bond donors (Lipinski definition) is 0. The summed E-state index contributed by atoms with van der Waals surface area (Å²) < 4.78 is 5.72. The third kappa shape index (κ3) is 4.51. The Bertz CT molecular complexity index is 596. The van der Waals surface area contributed by atoms with Gasteiger partial charge < -0.3 is 14.5 Å². The SMILES string of the molecule is CO[C@@H]1C[C@H]2CN(C(=O)CSc3ccc(Cl)cc3)C[C@H]2C[C@H]1N(C)C. The molecule has 6 heteroatoms. The van der Waals surface area contributed by atoms with Crippen LogP contribution in [0.5, 0.6) is 0 Å². The number of hydrogen-bond acceptors (Lipinski definition) is 4. The van der Waals surface area contributed by atoms with Gasteiger partial charge in [0.1, 0.15) is 0 Å². The summed E-state index contributed by atoms with van der Waals surface area (Å²) in [7, 11) is 6.05. The molecule has 4 atom stereocenters. The van der Waals surface area contributed by atoms with E-state index in [1.807, 2.05) is 31.4 Å². The summed E-state index contributed by atoms with van der Waals surface area (Å²) in [5.74, 6) is 1.91. The summed E-state index contributed by atoms with van der Waals surface area (Å²) >= 11 is 7.49. The predicted molar refractivity (Wildman–Crippen MR) is 103 cm³/mol. The van der Waals surface area contributed by atoms with Crippen LogP contribution in [0.2, 0.25) is 5.02 Å². The van der Waals surface area contributed by atoms with Crippen molar-refractivity contribution in [3.63, 3.8) is 0 Å². The third-order valence-electron chi connectivity index (χ3n) is 5.58. The number of fused-ring (bicyclic) bond motifs is 1. The average Bonchev–Trinajstić information content (AvgIpc) is 3.02. The molecule has 1 amide bonds. The van der Waals surface area contributed by atoms with E-state index in [-0.39, 0.29) is 12.0 Å². The van der Waals surface area contributed by atoms with E-state index in [1.165, 1.54) is 0 Å². The Labute approximate surface area is 159 Å². The fourth-order valence-corrected chi connectivity index (χ4v) is 5.08. The van der Waals surface area contributed by atoms with Crippen LogP contribution >= 0.6 is 23.4 Å². The van der Waals surface area contributed by atoms with Crippen LogP contribution in [0.1, 0.15) is 12.8 Å². The van der Waals surface area contributed by atoms with Crippen LogP contribution in [0.25, 0.3) is 0 Å². The summed E-state index contributed by atoms with van der Waals surface area (Å²) in [5.41, 5.74) is 0. The van der Waals surface area contributed by atoms with Gasteiger partial charge >= 0.3 is 0 Å². The van der Waals surface area contributed by atoms with Crippen molar-refractivity contribution in [1.29, 1.82) is 0 Å². The molecule has 1 aliphatic carbocycles. The van der Waals surface area contributed by atoms with Gasteiger partial charge in [-0.25, -0.2) is 0 Å². The summed E-state index contributed by atoms with van der Waals surface area (Å²) in [6, 6.07) is 8.12. The van der Waals surface area contributed by atoms with E-state index in [0.717, 1.165) is 35.8 Å². The minimum absolute atomic E-state index is 0.240. The lowest BCUT2D eigenvalue weighted by molar-refractivity contribution is -0.127. The lowest BCUT2D eigenvalue weighted by atomic mass is 9.77. The van der Waals surface area contributed by atoms with Gasteiger partial charge in [-0.1, -0.05) is 11.6 Å². The van der Waals surface area contributed by atoms with Crippen LogP contribution in [0.3, 0.4) is 0 Å². The molecule has 0 unspecified atom stereocenters. The van der Waals surface area contributed by atoms with Crippen LogP contribution in [-0.4, -0.2) is 67.9 Å². The van der Waals surface area contributed by atoms with E-state index in [2.05, 4.69) is 23.9 Å². The molecule has 1 heterocycles. The topological polar surface area (TPSA) is 32.8 Å². The zero-order chi connectivity index (χ0) is 18.0. The number of likely N-dealkylation sites (tertiary alicyclic amines) is 1. The second-order valence-electron chi connectivity index (χ2n) is 7.34. The molecule has 1 saturated carbocycles. The molecule has 25 heavy (non-hydrogen) atoms. The molecule has 0 radical (unpaired) electrons. The number of carbonyl (C=O) groups is 1. The van der Waals surface area contributed by atoms with Gasteiger partial charge in [-0.05, 0) is 63.0 Å². The summed E-state index contributed by atoms with van der Waals surface area (Å²) in [4.78, 5) is 18.0. The Balaban J connectivity index is 1.55. The first-order valence-electron chi connectivity index (χ1n) is 8.83. The van der Waals surface area contributed by atoms with Crippen molar-refractivity contribution >= 4 is 29.3 Å². The van der Waals surface area contributed by atoms with E-state index in [4.69, 9.17) is 16.3 Å². The highest BCUT2D eigenvalue weighted by Crippen LogP contribution is 2.39. The molecular weight excluding hydrogens is 356 g/mol. The van der Waals surface area contributed by atoms with Gasteiger partial charge in [0.25, 0.3) is 0 Å². The monoisotopic (exact) mass is 382 g/mol. The van der Waals surface area contributed by atoms with Crippen molar-refractivity contribution in [3.05, 3.63) is 29.3 Å². The third-order valence-corrected chi connectivity index (χ3v) is 6.83. The van der Waals surface area contributed by atoms with Gasteiger partial charge in [0, 0.05) is 36.2 Å². The first-order valence-corrected chi connectivity index (χ1v) is 10.2. The fourth-order valence-electron chi connectivity index (χ4n) is 4.16. The van der Waals surface area contributed by atoms with E-state index < -0.39 is 0 Å². The maximum atomic E-state index is 12.6. The van der Waals surface area contributed by atoms with Crippen LogP contribution in [0.4, 0.5) is 0 Å². The zero-order valence-corrected chi connectivity index (χ0v) is 16.7. The van der Waals surface area contributed by atoms with E-state index in [1.54, 1.807) is 11.8 Å². The molecule has 2 aliphatic rings. The maximum absolute atomic E-state index is 12.6. The minimum Gasteiger partial charge on any atom is -0.380 e.